The Morgan fingerprint density at radius 2 is 2.29 bits per heavy atom. The molecule has 0 aromatic carbocycles. The highest BCUT2D eigenvalue weighted by molar-refractivity contribution is 5.94. The highest BCUT2D eigenvalue weighted by atomic mass is 16.5. The second-order valence-electron chi connectivity index (χ2n) is 5.78. The van der Waals surface area contributed by atoms with Gasteiger partial charge in [-0.1, -0.05) is 6.92 Å². The molecule has 21 heavy (non-hydrogen) atoms. The van der Waals surface area contributed by atoms with Crippen molar-refractivity contribution in [1.82, 2.24) is 10.3 Å². The third kappa shape index (κ3) is 4.70. The average Bonchev–Trinajstić information content (AvgIpc) is 3.29. The molecule has 0 bridgehead atoms. The van der Waals surface area contributed by atoms with E-state index in [-0.39, 0.29) is 11.3 Å². The van der Waals surface area contributed by atoms with Crippen LogP contribution in [0.3, 0.4) is 0 Å². The Labute approximate surface area is 126 Å². The smallest absolute Gasteiger partial charge is 0.251 e. The summed E-state index contributed by atoms with van der Waals surface area (Å²) in [4.78, 5) is 16.4. The Kier molecular flexibility index (Phi) is 5.56. The van der Waals surface area contributed by atoms with Crippen LogP contribution in [0.1, 0.15) is 43.0 Å². The summed E-state index contributed by atoms with van der Waals surface area (Å²) in [5.41, 5.74) is 0.924. The number of amides is 1. The molecule has 2 rings (SSSR count). The van der Waals surface area contributed by atoms with Crippen molar-refractivity contribution in [3.05, 3.63) is 23.9 Å². The summed E-state index contributed by atoms with van der Waals surface area (Å²) in [6.45, 7) is 4.45. The zero-order valence-corrected chi connectivity index (χ0v) is 12.9. The largest absolute Gasteiger partial charge is 0.385 e. The molecule has 1 saturated carbocycles. The summed E-state index contributed by atoms with van der Waals surface area (Å²) in [5.74, 6) is 0.727. The van der Waals surface area contributed by atoms with Gasteiger partial charge in [0.1, 0.15) is 5.82 Å². The molecule has 0 atom stereocenters. The van der Waals surface area contributed by atoms with Crippen LogP contribution in [0.2, 0.25) is 0 Å². The van der Waals surface area contributed by atoms with Crippen molar-refractivity contribution in [2.24, 2.45) is 5.41 Å². The maximum atomic E-state index is 12.2. The number of rotatable bonds is 9. The van der Waals surface area contributed by atoms with E-state index in [0.29, 0.717) is 5.56 Å². The minimum atomic E-state index is -0.0272. The fourth-order valence-corrected chi connectivity index (χ4v) is 2.30. The van der Waals surface area contributed by atoms with Gasteiger partial charge in [0, 0.05) is 38.6 Å². The number of nitrogens with one attached hydrogen (secondary N) is 2. The first kappa shape index (κ1) is 15.8. The number of carbonyl (C=O) groups excluding carboxylic acids is 1. The minimum absolute atomic E-state index is 0.0272. The number of pyridine rings is 1. The third-order valence-corrected chi connectivity index (χ3v) is 4.00. The van der Waals surface area contributed by atoms with E-state index in [0.717, 1.165) is 38.4 Å². The molecule has 0 saturated heterocycles. The Morgan fingerprint density at radius 3 is 2.95 bits per heavy atom. The van der Waals surface area contributed by atoms with Crippen LogP contribution in [0.25, 0.3) is 0 Å². The Morgan fingerprint density at radius 1 is 1.48 bits per heavy atom. The standard InChI is InChI=1S/C16H25N3O2/c1-3-8-17-14-11-13(4-9-18-14)15(20)19-12-16(5-6-16)7-10-21-2/h4,9,11H,3,5-8,10,12H2,1-2H3,(H,17,18)(H,19,20). The fourth-order valence-electron chi connectivity index (χ4n) is 2.30. The summed E-state index contributed by atoms with van der Waals surface area (Å²) < 4.78 is 5.13. The van der Waals surface area contributed by atoms with E-state index >= 15 is 0 Å². The lowest BCUT2D eigenvalue weighted by Crippen LogP contribution is -2.30. The predicted octanol–water partition coefficient (Wildman–Crippen LogP) is 2.45. The lowest BCUT2D eigenvalue weighted by atomic mass is 10.0. The summed E-state index contributed by atoms with van der Waals surface area (Å²) in [6.07, 6.45) is 6.07. The van der Waals surface area contributed by atoms with E-state index in [2.05, 4.69) is 22.5 Å². The third-order valence-electron chi connectivity index (χ3n) is 4.00. The lowest BCUT2D eigenvalue weighted by Gasteiger charge is -2.15. The number of ether oxygens (including phenoxy) is 1. The average molecular weight is 291 g/mol. The molecule has 116 valence electrons. The molecule has 1 aromatic heterocycles. The van der Waals surface area contributed by atoms with E-state index < -0.39 is 0 Å². The number of aromatic nitrogens is 1. The van der Waals surface area contributed by atoms with Gasteiger partial charge in [-0.05, 0) is 43.2 Å². The van der Waals surface area contributed by atoms with Crippen molar-refractivity contribution < 1.29 is 9.53 Å². The number of methoxy groups -OCH3 is 1. The maximum Gasteiger partial charge on any atom is 0.251 e. The molecule has 1 heterocycles. The minimum Gasteiger partial charge on any atom is -0.385 e. The molecule has 5 heteroatoms. The first-order valence-corrected chi connectivity index (χ1v) is 7.66. The van der Waals surface area contributed by atoms with E-state index in [4.69, 9.17) is 4.74 Å². The van der Waals surface area contributed by atoms with E-state index in [1.54, 1.807) is 25.4 Å². The zero-order valence-electron chi connectivity index (χ0n) is 12.9. The molecule has 0 spiro atoms. The number of carbonyl (C=O) groups is 1. The highest BCUT2D eigenvalue weighted by Gasteiger charge is 2.42. The van der Waals surface area contributed by atoms with Gasteiger partial charge in [-0.25, -0.2) is 4.98 Å². The Hall–Kier alpha value is -1.62. The fraction of sp³-hybridized carbons (Fsp3) is 0.625. The van der Waals surface area contributed by atoms with Crippen LogP contribution < -0.4 is 10.6 Å². The molecule has 0 unspecified atom stereocenters. The van der Waals surface area contributed by atoms with Crippen molar-refractivity contribution in [2.75, 3.05) is 32.1 Å². The molecule has 1 amide bonds. The van der Waals surface area contributed by atoms with Gasteiger partial charge in [0.25, 0.3) is 5.91 Å². The van der Waals surface area contributed by atoms with Crippen LogP contribution in [0.5, 0.6) is 0 Å². The summed E-state index contributed by atoms with van der Waals surface area (Å²) in [7, 11) is 1.72. The van der Waals surface area contributed by atoms with Crippen LogP contribution in [0, 0.1) is 5.41 Å². The molecule has 1 fully saturated rings. The summed E-state index contributed by atoms with van der Waals surface area (Å²) in [5, 5.41) is 6.24. The second kappa shape index (κ2) is 7.41. The van der Waals surface area contributed by atoms with Gasteiger partial charge < -0.3 is 15.4 Å². The highest BCUT2D eigenvalue weighted by Crippen LogP contribution is 2.48. The topological polar surface area (TPSA) is 63.2 Å². The molecule has 0 aliphatic heterocycles. The molecule has 5 nitrogen and oxygen atoms in total. The number of anilines is 1. The Bertz CT molecular complexity index is 472. The van der Waals surface area contributed by atoms with Crippen molar-refractivity contribution in [2.45, 2.75) is 32.6 Å². The van der Waals surface area contributed by atoms with Gasteiger partial charge in [0.15, 0.2) is 0 Å². The van der Waals surface area contributed by atoms with Crippen molar-refractivity contribution in [1.29, 1.82) is 0 Å². The van der Waals surface area contributed by atoms with Gasteiger partial charge in [0.2, 0.25) is 0 Å². The molecule has 0 radical (unpaired) electrons. The first-order valence-electron chi connectivity index (χ1n) is 7.66. The number of nitrogens with zero attached hydrogens (tertiary/aromatic N) is 1. The van der Waals surface area contributed by atoms with Crippen molar-refractivity contribution in [3.63, 3.8) is 0 Å². The first-order chi connectivity index (χ1) is 10.2. The summed E-state index contributed by atoms with van der Waals surface area (Å²) in [6, 6.07) is 3.56. The summed E-state index contributed by atoms with van der Waals surface area (Å²) >= 11 is 0. The van der Waals surface area contributed by atoms with Crippen molar-refractivity contribution in [3.8, 4) is 0 Å². The predicted molar refractivity (Wildman–Crippen MR) is 83.5 cm³/mol. The van der Waals surface area contributed by atoms with Crippen LogP contribution in [0.4, 0.5) is 5.82 Å². The molecule has 1 aliphatic rings. The van der Waals surface area contributed by atoms with Gasteiger partial charge in [0.05, 0.1) is 0 Å². The van der Waals surface area contributed by atoms with Crippen LogP contribution in [-0.4, -0.2) is 37.7 Å². The molecule has 1 aliphatic carbocycles. The zero-order chi connectivity index (χ0) is 15.1. The van der Waals surface area contributed by atoms with Gasteiger partial charge in [-0.15, -0.1) is 0 Å². The number of hydrogen-bond acceptors (Lipinski definition) is 4. The monoisotopic (exact) mass is 291 g/mol. The van der Waals surface area contributed by atoms with Crippen LogP contribution in [0.15, 0.2) is 18.3 Å². The lowest BCUT2D eigenvalue weighted by molar-refractivity contribution is 0.0938. The van der Waals surface area contributed by atoms with Gasteiger partial charge in [-0.2, -0.15) is 0 Å². The van der Waals surface area contributed by atoms with Crippen molar-refractivity contribution >= 4 is 11.7 Å². The molecule has 1 aromatic rings. The van der Waals surface area contributed by atoms with E-state index in [9.17, 15) is 4.79 Å². The van der Waals surface area contributed by atoms with E-state index in [1.165, 1.54) is 12.8 Å². The van der Waals surface area contributed by atoms with Gasteiger partial charge in [-0.3, -0.25) is 4.79 Å². The van der Waals surface area contributed by atoms with Crippen LogP contribution >= 0.6 is 0 Å². The van der Waals surface area contributed by atoms with E-state index in [1.807, 2.05) is 0 Å². The van der Waals surface area contributed by atoms with Gasteiger partial charge >= 0.3 is 0 Å². The SMILES string of the molecule is CCCNc1cc(C(=O)NCC2(CCOC)CC2)ccn1. The molecular formula is C16H25N3O2. The quantitative estimate of drug-likeness (QED) is 0.733. The Balaban J connectivity index is 1.85. The second-order valence-corrected chi connectivity index (χ2v) is 5.78. The maximum absolute atomic E-state index is 12.2. The number of hydrogen-bond donors (Lipinski definition) is 2. The molecular weight excluding hydrogens is 266 g/mol. The molecule has 2 N–H and O–H groups in total. The van der Waals surface area contributed by atoms with Crippen LogP contribution in [-0.2, 0) is 4.74 Å². The normalized spacial score (nSPS) is 15.5.